The maximum absolute atomic E-state index is 12.4. The van der Waals surface area contributed by atoms with Gasteiger partial charge in [0.2, 0.25) is 0 Å². The van der Waals surface area contributed by atoms with Crippen LogP contribution >= 0.6 is 12.4 Å². The zero-order chi connectivity index (χ0) is 17.0. The van der Waals surface area contributed by atoms with Gasteiger partial charge in [-0.1, -0.05) is 20.8 Å². The van der Waals surface area contributed by atoms with Crippen LogP contribution in [0.1, 0.15) is 26.6 Å². The van der Waals surface area contributed by atoms with E-state index in [0.717, 1.165) is 11.4 Å². The summed E-state index contributed by atoms with van der Waals surface area (Å²) in [6.07, 6.45) is 0.486. The van der Waals surface area contributed by atoms with E-state index in [1.54, 1.807) is 4.68 Å². The van der Waals surface area contributed by atoms with Crippen molar-refractivity contribution in [3.05, 3.63) is 42.0 Å². The van der Waals surface area contributed by atoms with Crippen molar-refractivity contribution in [1.82, 2.24) is 14.8 Å². The topological polar surface area (TPSA) is 66.0 Å². The summed E-state index contributed by atoms with van der Waals surface area (Å²) in [6, 6.07) is 7.40. The molecule has 0 saturated carbocycles. The Labute approximate surface area is 148 Å². The predicted octanol–water partition coefficient (Wildman–Crippen LogP) is 3.39. The number of halogens is 2. The molecule has 0 aliphatic carbocycles. The van der Waals surface area contributed by atoms with Crippen LogP contribution < -0.4 is 10.5 Å². The van der Waals surface area contributed by atoms with Crippen LogP contribution in [0.4, 0.5) is 4.39 Å². The number of aromatic nitrogens is 3. The minimum Gasteiger partial charge on any atom is -0.489 e. The third kappa shape index (κ3) is 4.79. The zero-order valence-electron chi connectivity index (χ0n) is 14.4. The molecule has 0 unspecified atom stereocenters. The molecule has 2 aromatic rings. The Morgan fingerprint density at radius 3 is 2.38 bits per heavy atom. The van der Waals surface area contributed by atoms with Crippen LogP contribution in [0.2, 0.25) is 0 Å². The summed E-state index contributed by atoms with van der Waals surface area (Å²) in [5, 5.41) is 4.47. The van der Waals surface area contributed by atoms with E-state index in [2.05, 4.69) is 30.9 Å². The Hall–Kier alpha value is -1.92. The van der Waals surface area contributed by atoms with Crippen molar-refractivity contribution < 1.29 is 9.13 Å². The quantitative estimate of drug-likeness (QED) is 0.893. The van der Waals surface area contributed by atoms with Crippen molar-refractivity contribution in [2.45, 2.75) is 26.2 Å². The number of rotatable bonds is 5. The van der Waals surface area contributed by atoms with Crippen molar-refractivity contribution in [3.8, 4) is 17.1 Å². The molecular formula is C17H24ClFN4O. The second-order valence-corrected chi connectivity index (χ2v) is 6.42. The molecule has 0 spiro atoms. The minimum atomic E-state index is -0.0691. The molecule has 132 valence electrons. The van der Waals surface area contributed by atoms with E-state index >= 15 is 0 Å². The second-order valence-electron chi connectivity index (χ2n) is 6.42. The van der Waals surface area contributed by atoms with Gasteiger partial charge in [0.15, 0.2) is 5.82 Å². The molecule has 1 aromatic carbocycles. The molecule has 0 saturated heterocycles. The first-order valence-electron chi connectivity index (χ1n) is 7.48. The van der Waals surface area contributed by atoms with E-state index in [9.17, 15) is 4.39 Å². The van der Waals surface area contributed by atoms with Gasteiger partial charge in [-0.15, -0.1) is 12.4 Å². The highest BCUT2D eigenvalue weighted by Crippen LogP contribution is 2.24. The lowest BCUT2D eigenvalue weighted by Crippen LogP contribution is -2.17. The Bertz CT molecular complexity index is 690. The maximum atomic E-state index is 12.4. The number of hydrogen-bond donors (Lipinski definition) is 1. The van der Waals surface area contributed by atoms with Gasteiger partial charge in [0.05, 0.1) is 6.33 Å². The highest BCUT2D eigenvalue weighted by molar-refractivity contribution is 5.85. The fourth-order valence-corrected chi connectivity index (χ4v) is 2.17. The molecule has 0 atom stereocenters. The summed E-state index contributed by atoms with van der Waals surface area (Å²) >= 11 is 0. The summed E-state index contributed by atoms with van der Waals surface area (Å²) in [5.74, 6) is 2.25. The van der Waals surface area contributed by atoms with Gasteiger partial charge in [-0.3, -0.25) is 4.68 Å². The summed E-state index contributed by atoms with van der Waals surface area (Å²) in [4.78, 5) is 4.62. The first-order chi connectivity index (χ1) is 10.8. The fourth-order valence-electron chi connectivity index (χ4n) is 2.17. The molecule has 1 aromatic heterocycles. The van der Waals surface area contributed by atoms with E-state index in [4.69, 9.17) is 10.5 Å². The van der Waals surface area contributed by atoms with Crippen LogP contribution in [-0.2, 0) is 12.5 Å². The smallest absolute Gasteiger partial charge is 0.181 e. The third-order valence-electron chi connectivity index (χ3n) is 3.39. The molecule has 7 heteroatoms. The third-order valence-corrected chi connectivity index (χ3v) is 3.39. The highest BCUT2D eigenvalue weighted by Gasteiger charge is 2.21. The van der Waals surface area contributed by atoms with Crippen LogP contribution in [0.3, 0.4) is 0 Å². The van der Waals surface area contributed by atoms with Gasteiger partial charge >= 0.3 is 0 Å². The molecule has 0 aliphatic rings. The van der Waals surface area contributed by atoms with Crippen molar-refractivity contribution in [2.75, 3.05) is 13.2 Å². The van der Waals surface area contributed by atoms with E-state index in [-0.39, 0.29) is 31.0 Å². The maximum Gasteiger partial charge on any atom is 0.181 e. The molecule has 1 heterocycles. The van der Waals surface area contributed by atoms with Crippen molar-refractivity contribution in [3.63, 3.8) is 0 Å². The van der Waals surface area contributed by atoms with Gasteiger partial charge in [0, 0.05) is 30.1 Å². The molecule has 0 fully saturated rings. The molecule has 0 radical (unpaired) electrons. The number of nitrogens with zero attached hydrogens (tertiary/aromatic N) is 3. The van der Waals surface area contributed by atoms with Gasteiger partial charge in [-0.05, 0) is 24.3 Å². The number of aryl methyl sites for hydroxylation is 1. The standard InChI is InChI=1S/C17H23FN4O.ClH/c1-17(2,3)16-20-15(21-22(16)4)13-5-7-14(8-6-13)23-11-12(9-18)10-19;/h5-9H,10-11,19H2,1-4H3;1H/b12-9+;. The SMILES string of the molecule is Cl.Cn1nc(-c2ccc(OC/C(=C/F)CN)cc2)nc1C(C)(C)C. The summed E-state index contributed by atoms with van der Waals surface area (Å²) in [7, 11) is 1.90. The van der Waals surface area contributed by atoms with E-state index < -0.39 is 0 Å². The van der Waals surface area contributed by atoms with Crippen LogP contribution in [0, 0.1) is 0 Å². The lowest BCUT2D eigenvalue weighted by Gasteiger charge is -2.15. The van der Waals surface area contributed by atoms with Crippen molar-refractivity contribution in [2.24, 2.45) is 12.8 Å². The first-order valence-corrected chi connectivity index (χ1v) is 7.48. The van der Waals surface area contributed by atoms with Crippen LogP contribution in [-0.4, -0.2) is 27.9 Å². The summed E-state index contributed by atoms with van der Waals surface area (Å²) < 4.78 is 19.7. The molecule has 0 bridgehead atoms. The Morgan fingerprint density at radius 1 is 1.29 bits per heavy atom. The molecule has 2 rings (SSSR count). The minimum absolute atomic E-state index is 0. The highest BCUT2D eigenvalue weighted by atomic mass is 35.5. The van der Waals surface area contributed by atoms with Gasteiger partial charge < -0.3 is 10.5 Å². The molecule has 2 N–H and O–H groups in total. The normalized spacial score (nSPS) is 12.0. The lowest BCUT2D eigenvalue weighted by molar-refractivity contribution is 0.347. The predicted molar refractivity (Wildman–Crippen MR) is 96.1 cm³/mol. The lowest BCUT2D eigenvalue weighted by atomic mass is 9.96. The fraction of sp³-hybridized carbons (Fsp3) is 0.412. The zero-order valence-corrected chi connectivity index (χ0v) is 15.2. The summed E-state index contributed by atoms with van der Waals surface area (Å²) in [5.41, 5.74) is 6.64. The Kier molecular flexibility index (Phi) is 6.93. The van der Waals surface area contributed by atoms with Gasteiger partial charge in [0.25, 0.3) is 0 Å². The first kappa shape index (κ1) is 20.1. The largest absolute Gasteiger partial charge is 0.489 e. The van der Waals surface area contributed by atoms with Crippen molar-refractivity contribution in [1.29, 1.82) is 0 Å². The monoisotopic (exact) mass is 354 g/mol. The van der Waals surface area contributed by atoms with Crippen LogP contribution in [0.25, 0.3) is 11.4 Å². The molecular weight excluding hydrogens is 331 g/mol. The number of benzene rings is 1. The molecule has 0 amide bonds. The van der Waals surface area contributed by atoms with Crippen LogP contribution in [0.5, 0.6) is 5.75 Å². The van der Waals surface area contributed by atoms with Crippen LogP contribution in [0.15, 0.2) is 36.2 Å². The molecule has 5 nitrogen and oxygen atoms in total. The van der Waals surface area contributed by atoms with E-state index in [1.807, 2.05) is 31.3 Å². The summed E-state index contributed by atoms with van der Waals surface area (Å²) in [6.45, 7) is 6.59. The average Bonchev–Trinajstić information content (AvgIpc) is 2.91. The van der Waals surface area contributed by atoms with E-state index in [0.29, 0.717) is 23.5 Å². The molecule has 24 heavy (non-hydrogen) atoms. The van der Waals surface area contributed by atoms with Crippen molar-refractivity contribution >= 4 is 12.4 Å². The number of hydrogen-bond acceptors (Lipinski definition) is 4. The Balaban J connectivity index is 0.00000288. The van der Waals surface area contributed by atoms with E-state index in [1.165, 1.54) is 0 Å². The molecule has 0 aliphatic heterocycles. The number of nitrogens with two attached hydrogens (primary N) is 1. The average molecular weight is 355 g/mol. The van der Waals surface area contributed by atoms with Gasteiger partial charge in [0.1, 0.15) is 18.2 Å². The van der Waals surface area contributed by atoms with Gasteiger partial charge in [-0.2, -0.15) is 5.10 Å². The second kappa shape index (κ2) is 8.26. The Morgan fingerprint density at radius 2 is 1.92 bits per heavy atom. The number of ether oxygens (including phenoxy) is 1. The van der Waals surface area contributed by atoms with Gasteiger partial charge in [-0.25, -0.2) is 9.37 Å².